The highest BCUT2D eigenvalue weighted by Gasteiger charge is 2.29. The molecule has 2 amide bonds. The lowest BCUT2D eigenvalue weighted by Crippen LogP contribution is -2.37. The van der Waals surface area contributed by atoms with Crippen molar-refractivity contribution in [2.75, 3.05) is 4.47 Å². The lowest BCUT2D eigenvalue weighted by molar-refractivity contribution is -0.121. The molecule has 3 N–H and O–H groups in total. The smallest absolute Gasteiger partial charge is 0.295 e. The fourth-order valence-corrected chi connectivity index (χ4v) is 5.94. The second-order valence-corrected chi connectivity index (χ2v) is 11.2. The Morgan fingerprint density at radius 2 is 1.47 bits per heavy atom. The molecule has 1 aliphatic rings. The number of amides is 2. The Hall–Kier alpha value is -3.85. The molecule has 8 nitrogen and oxygen atoms in total. The van der Waals surface area contributed by atoms with Crippen molar-refractivity contribution in [3.05, 3.63) is 90.0 Å². The predicted molar refractivity (Wildman–Crippen MR) is 146 cm³/mol. The minimum atomic E-state index is -4.26. The van der Waals surface area contributed by atoms with E-state index in [9.17, 15) is 18.0 Å². The minimum Gasteiger partial charge on any atom is -0.366 e. The van der Waals surface area contributed by atoms with E-state index in [4.69, 9.17) is 10.6 Å². The van der Waals surface area contributed by atoms with Crippen molar-refractivity contribution < 1.29 is 22.8 Å². The number of nitrogens with two attached hydrogens (primary N) is 1. The third-order valence-corrected chi connectivity index (χ3v) is 8.15. The van der Waals surface area contributed by atoms with Gasteiger partial charge in [0.25, 0.3) is 10.0 Å². The first-order valence-corrected chi connectivity index (χ1v) is 14.3. The number of para-hydroxylation sites is 2. The molecule has 0 unspecified atom stereocenters. The Morgan fingerprint density at radius 1 is 0.868 bits per heavy atom. The molecule has 200 valence electrons. The number of nitrogens with one attached hydrogen (secondary N) is 1. The number of hydrogen-bond acceptors (Lipinski definition) is 5. The molecule has 0 saturated heterocycles. The molecule has 9 heteroatoms. The third-order valence-electron chi connectivity index (χ3n) is 6.58. The summed E-state index contributed by atoms with van der Waals surface area (Å²) in [6.07, 6.45) is 7.30. The quantitative estimate of drug-likeness (QED) is 0.384. The zero-order valence-corrected chi connectivity index (χ0v) is 22.0. The highest BCUT2D eigenvalue weighted by atomic mass is 32.2. The van der Waals surface area contributed by atoms with E-state index in [0.29, 0.717) is 11.4 Å². The van der Waals surface area contributed by atoms with E-state index in [1.165, 1.54) is 24.6 Å². The third kappa shape index (κ3) is 6.92. The summed E-state index contributed by atoms with van der Waals surface area (Å²) in [6.45, 7) is 0. The van der Waals surface area contributed by atoms with Crippen molar-refractivity contribution in [2.24, 2.45) is 5.73 Å². The summed E-state index contributed by atoms with van der Waals surface area (Å²) >= 11 is 0. The minimum absolute atomic E-state index is 0.0691. The van der Waals surface area contributed by atoms with Crippen LogP contribution >= 0.6 is 0 Å². The SMILES string of the molecule is NC(=O)c1ccc(S(=O)(=O)N(Oc2ccccc2)c2ccccc2)cc1CC(=O)NC1CCCCCCC1. The highest BCUT2D eigenvalue weighted by Crippen LogP contribution is 2.27. The first kappa shape index (κ1) is 27.2. The van der Waals surface area contributed by atoms with E-state index in [1.54, 1.807) is 60.7 Å². The van der Waals surface area contributed by atoms with Crippen molar-refractivity contribution >= 4 is 27.5 Å². The van der Waals surface area contributed by atoms with Gasteiger partial charge in [0.2, 0.25) is 11.8 Å². The van der Waals surface area contributed by atoms with E-state index in [2.05, 4.69) is 5.32 Å². The van der Waals surface area contributed by atoms with Crippen molar-refractivity contribution in [1.82, 2.24) is 5.32 Å². The van der Waals surface area contributed by atoms with E-state index in [-0.39, 0.29) is 34.4 Å². The fraction of sp³-hybridized carbons (Fsp3) is 0.310. The van der Waals surface area contributed by atoms with E-state index in [0.717, 1.165) is 43.0 Å². The molecule has 1 saturated carbocycles. The molecule has 1 fully saturated rings. The number of sulfonamides is 1. The van der Waals surface area contributed by atoms with Crippen LogP contribution in [0.15, 0.2) is 83.8 Å². The Morgan fingerprint density at radius 3 is 2.11 bits per heavy atom. The van der Waals surface area contributed by atoms with E-state index >= 15 is 0 Å². The molecule has 1 aliphatic carbocycles. The zero-order chi connectivity index (χ0) is 27.0. The van der Waals surface area contributed by atoms with Gasteiger partial charge in [-0.3, -0.25) is 9.59 Å². The Kier molecular flexibility index (Phi) is 9.02. The van der Waals surface area contributed by atoms with Gasteiger partial charge in [-0.2, -0.15) is 8.42 Å². The van der Waals surface area contributed by atoms with Gasteiger partial charge in [-0.05, 0) is 60.9 Å². The van der Waals surface area contributed by atoms with Crippen LogP contribution in [0.25, 0.3) is 0 Å². The Labute approximate surface area is 223 Å². The average molecular weight is 536 g/mol. The number of nitrogens with zero attached hydrogens (tertiary/aromatic N) is 1. The lowest BCUT2D eigenvalue weighted by atomic mass is 9.96. The van der Waals surface area contributed by atoms with E-state index < -0.39 is 15.9 Å². The van der Waals surface area contributed by atoms with Crippen LogP contribution in [0.1, 0.15) is 60.9 Å². The van der Waals surface area contributed by atoms with Crippen molar-refractivity contribution in [3.63, 3.8) is 0 Å². The maximum absolute atomic E-state index is 13.8. The van der Waals surface area contributed by atoms with Crippen molar-refractivity contribution in [2.45, 2.75) is 62.3 Å². The number of benzene rings is 3. The van der Waals surface area contributed by atoms with Crippen LogP contribution in [-0.2, 0) is 21.2 Å². The summed E-state index contributed by atoms with van der Waals surface area (Å²) in [5.41, 5.74) is 6.21. The standard InChI is InChI=1S/C29H33N3O5S/c30-29(34)27-19-18-26(20-22(27)21-28(33)31-23-12-6-2-1-3-7-13-23)38(35,36)32(24-14-8-4-9-15-24)37-25-16-10-5-11-17-25/h4-5,8-11,14-20,23H,1-3,6-7,12-13,21H2,(H2,30,34)(H,31,33). The number of anilines is 1. The zero-order valence-electron chi connectivity index (χ0n) is 21.2. The number of carbonyl (C=O) groups is 2. The van der Waals surface area contributed by atoms with Crippen LogP contribution in [0.3, 0.4) is 0 Å². The number of primary amides is 1. The molecular formula is C29H33N3O5S. The summed E-state index contributed by atoms with van der Waals surface area (Å²) in [4.78, 5) is 30.8. The van der Waals surface area contributed by atoms with Gasteiger partial charge >= 0.3 is 0 Å². The molecule has 0 aliphatic heterocycles. The molecular weight excluding hydrogens is 502 g/mol. The topological polar surface area (TPSA) is 119 Å². The molecule has 0 atom stereocenters. The van der Waals surface area contributed by atoms with Gasteiger partial charge < -0.3 is 15.9 Å². The fourth-order valence-electron chi connectivity index (χ4n) is 4.63. The van der Waals surface area contributed by atoms with Gasteiger partial charge in [-0.25, -0.2) is 0 Å². The molecule has 0 radical (unpaired) electrons. The molecule has 0 aromatic heterocycles. The van der Waals surface area contributed by atoms with Gasteiger partial charge in [0.15, 0.2) is 5.75 Å². The second kappa shape index (κ2) is 12.6. The van der Waals surface area contributed by atoms with Gasteiger partial charge in [0.1, 0.15) is 0 Å². The van der Waals surface area contributed by atoms with Crippen LogP contribution in [-0.4, -0.2) is 26.3 Å². The first-order valence-electron chi connectivity index (χ1n) is 12.9. The lowest BCUT2D eigenvalue weighted by Gasteiger charge is -2.24. The normalized spacial score (nSPS) is 14.6. The summed E-state index contributed by atoms with van der Waals surface area (Å²) in [5, 5.41) is 3.07. The summed E-state index contributed by atoms with van der Waals surface area (Å²) in [5.74, 6) is -0.677. The van der Waals surface area contributed by atoms with E-state index in [1.807, 2.05) is 0 Å². The van der Waals surface area contributed by atoms with Gasteiger partial charge in [0, 0.05) is 11.6 Å². The van der Waals surface area contributed by atoms with Gasteiger partial charge in [-0.15, -0.1) is 0 Å². The predicted octanol–water partition coefficient (Wildman–Crippen LogP) is 4.75. The molecule has 3 aromatic rings. The summed E-state index contributed by atoms with van der Waals surface area (Å²) < 4.78 is 28.5. The first-order chi connectivity index (χ1) is 18.3. The molecule has 0 bridgehead atoms. The van der Waals surface area contributed by atoms with Gasteiger partial charge in [-0.1, -0.05) is 73.0 Å². The molecule has 0 spiro atoms. The second-order valence-electron chi connectivity index (χ2n) is 9.44. The molecule has 4 rings (SSSR count). The van der Waals surface area contributed by atoms with Crippen molar-refractivity contribution in [3.8, 4) is 5.75 Å². The average Bonchev–Trinajstić information content (AvgIpc) is 2.89. The highest BCUT2D eigenvalue weighted by molar-refractivity contribution is 7.92. The Balaban J connectivity index is 1.63. The number of carbonyl (C=O) groups excluding carboxylic acids is 2. The Bertz CT molecular complexity index is 1340. The van der Waals surface area contributed by atoms with Crippen LogP contribution in [0, 0.1) is 0 Å². The number of hydrogen-bond donors (Lipinski definition) is 2. The van der Waals surface area contributed by atoms with Crippen LogP contribution in [0.5, 0.6) is 5.75 Å². The maximum Gasteiger partial charge on any atom is 0.295 e. The molecule has 0 heterocycles. The molecule has 38 heavy (non-hydrogen) atoms. The largest absolute Gasteiger partial charge is 0.366 e. The summed E-state index contributed by atoms with van der Waals surface area (Å²) in [6, 6.07) is 21.0. The monoisotopic (exact) mass is 535 g/mol. The van der Waals surface area contributed by atoms with Crippen LogP contribution < -0.4 is 20.4 Å². The maximum atomic E-state index is 13.8. The van der Waals surface area contributed by atoms with Gasteiger partial charge in [0.05, 0.1) is 17.0 Å². The van der Waals surface area contributed by atoms with Crippen LogP contribution in [0.2, 0.25) is 0 Å². The molecule has 3 aromatic carbocycles. The van der Waals surface area contributed by atoms with Crippen LogP contribution in [0.4, 0.5) is 5.69 Å². The number of rotatable bonds is 9. The van der Waals surface area contributed by atoms with Crippen molar-refractivity contribution in [1.29, 1.82) is 0 Å². The summed E-state index contributed by atoms with van der Waals surface area (Å²) in [7, 11) is -4.26.